The number of hydrogen-bond donors (Lipinski definition) is 2. The van der Waals surface area contributed by atoms with Gasteiger partial charge in [0.15, 0.2) is 5.16 Å². The third-order valence-electron chi connectivity index (χ3n) is 3.27. The maximum absolute atomic E-state index is 11.6. The number of nitrogens with one attached hydrogen (secondary N) is 1. The minimum Gasteiger partial charge on any atom is -0.494 e. The highest BCUT2D eigenvalue weighted by Crippen LogP contribution is 2.15. The molecular formula is C16H18N2O4S. The Morgan fingerprint density at radius 2 is 2.00 bits per heavy atom. The Kier molecular flexibility index (Phi) is 5.81. The molecule has 0 radical (unpaired) electrons. The van der Waals surface area contributed by atoms with Gasteiger partial charge in [0, 0.05) is 17.0 Å². The molecule has 0 amide bonds. The first-order valence-corrected chi connectivity index (χ1v) is 8.12. The minimum atomic E-state index is -0.956. The van der Waals surface area contributed by atoms with Crippen LogP contribution in [0.5, 0.6) is 5.75 Å². The van der Waals surface area contributed by atoms with Crippen molar-refractivity contribution in [2.75, 3.05) is 12.4 Å². The van der Waals surface area contributed by atoms with E-state index in [9.17, 15) is 9.59 Å². The Bertz CT molecular complexity index is 741. The van der Waals surface area contributed by atoms with Crippen LogP contribution < -0.4 is 10.3 Å². The second kappa shape index (κ2) is 7.82. The molecule has 1 aromatic carbocycles. The molecule has 0 aliphatic carbocycles. The van der Waals surface area contributed by atoms with Gasteiger partial charge >= 0.3 is 5.97 Å². The summed E-state index contributed by atoms with van der Waals surface area (Å²) in [6, 6.07) is 6.30. The topological polar surface area (TPSA) is 92.3 Å². The van der Waals surface area contributed by atoms with E-state index >= 15 is 0 Å². The van der Waals surface area contributed by atoms with Crippen LogP contribution in [0.3, 0.4) is 0 Å². The lowest BCUT2D eigenvalue weighted by atomic mass is 10.2. The number of aromatic carboxylic acids is 1. The Morgan fingerprint density at radius 1 is 1.30 bits per heavy atom. The molecule has 1 heterocycles. The van der Waals surface area contributed by atoms with E-state index in [2.05, 4.69) is 9.97 Å². The number of aromatic nitrogens is 2. The number of aromatic amines is 1. The summed E-state index contributed by atoms with van der Waals surface area (Å²) >= 11 is 1.47. The van der Waals surface area contributed by atoms with E-state index in [1.165, 1.54) is 23.9 Å². The van der Waals surface area contributed by atoms with Crippen LogP contribution in [0, 0.1) is 13.8 Å². The van der Waals surface area contributed by atoms with Crippen molar-refractivity contribution in [1.82, 2.24) is 9.97 Å². The molecule has 0 bridgehead atoms. The highest BCUT2D eigenvalue weighted by atomic mass is 32.2. The number of ether oxygens (including phenoxy) is 1. The van der Waals surface area contributed by atoms with Crippen molar-refractivity contribution in [3.8, 4) is 5.75 Å². The first-order valence-electron chi connectivity index (χ1n) is 7.14. The minimum absolute atomic E-state index is 0.102. The number of thioether (sulfide) groups is 1. The van der Waals surface area contributed by atoms with Crippen LogP contribution in [0.25, 0.3) is 0 Å². The van der Waals surface area contributed by atoms with E-state index in [0.29, 0.717) is 23.1 Å². The molecule has 6 nitrogen and oxygen atoms in total. The molecule has 0 atom stereocenters. The van der Waals surface area contributed by atoms with Crippen molar-refractivity contribution in [3.05, 3.63) is 51.4 Å². The largest absolute Gasteiger partial charge is 0.494 e. The van der Waals surface area contributed by atoms with E-state index in [0.717, 1.165) is 17.9 Å². The van der Waals surface area contributed by atoms with Gasteiger partial charge in [-0.2, -0.15) is 0 Å². The van der Waals surface area contributed by atoms with Gasteiger partial charge in [0.1, 0.15) is 5.75 Å². The predicted octanol–water partition coefficient (Wildman–Crippen LogP) is 2.65. The fourth-order valence-electron chi connectivity index (χ4n) is 1.80. The number of H-pyrrole nitrogens is 1. The lowest BCUT2D eigenvalue weighted by molar-refractivity contribution is 0.0697. The van der Waals surface area contributed by atoms with Crippen molar-refractivity contribution < 1.29 is 14.6 Å². The lowest BCUT2D eigenvalue weighted by Crippen LogP contribution is -2.14. The molecule has 23 heavy (non-hydrogen) atoms. The van der Waals surface area contributed by atoms with Crippen LogP contribution >= 0.6 is 11.8 Å². The Labute approximate surface area is 137 Å². The third kappa shape index (κ3) is 4.85. The molecule has 1 aromatic heterocycles. The fraction of sp³-hybridized carbons (Fsp3) is 0.312. The summed E-state index contributed by atoms with van der Waals surface area (Å²) in [5.41, 5.74) is 1.51. The van der Waals surface area contributed by atoms with Gasteiger partial charge < -0.3 is 14.8 Å². The average molecular weight is 334 g/mol. The zero-order valence-corrected chi connectivity index (χ0v) is 13.8. The maximum atomic E-state index is 11.6. The molecule has 0 fully saturated rings. The predicted molar refractivity (Wildman–Crippen MR) is 88.6 cm³/mol. The molecule has 0 aliphatic heterocycles. The van der Waals surface area contributed by atoms with Crippen molar-refractivity contribution >= 4 is 17.7 Å². The molecule has 0 unspecified atom stereocenters. The maximum Gasteiger partial charge on any atom is 0.335 e. The van der Waals surface area contributed by atoms with Gasteiger partial charge in [0.05, 0.1) is 12.2 Å². The summed E-state index contributed by atoms with van der Waals surface area (Å²) in [6.07, 6.45) is 0.780. The van der Waals surface area contributed by atoms with Crippen molar-refractivity contribution in [2.24, 2.45) is 0 Å². The average Bonchev–Trinajstić information content (AvgIpc) is 2.52. The van der Waals surface area contributed by atoms with Gasteiger partial charge in [0.25, 0.3) is 5.56 Å². The first kappa shape index (κ1) is 17.1. The van der Waals surface area contributed by atoms with Crippen LogP contribution in [-0.2, 0) is 0 Å². The Morgan fingerprint density at radius 3 is 2.61 bits per heavy atom. The summed E-state index contributed by atoms with van der Waals surface area (Å²) in [5.74, 6) is 0.444. The van der Waals surface area contributed by atoms with Gasteiger partial charge in [-0.25, -0.2) is 9.78 Å². The number of hydrogen-bond acceptors (Lipinski definition) is 5. The monoisotopic (exact) mass is 334 g/mol. The molecule has 2 aromatic rings. The van der Waals surface area contributed by atoms with Crippen molar-refractivity contribution in [2.45, 2.75) is 25.4 Å². The molecule has 0 aliphatic rings. The van der Waals surface area contributed by atoms with Gasteiger partial charge in [-0.3, -0.25) is 4.79 Å². The van der Waals surface area contributed by atoms with Crippen LogP contribution in [0.2, 0.25) is 0 Å². The van der Waals surface area contributed by atoms with E-state index < -0.39 is 5.97 Å². The summed E-state index contributed by atoms with van der Waals surface area (Å²) in [7, 11) is 0. The molecule has 2 rings (SSSR count). The number of benzene rings is 1. The van der Waals surface area contributed by atoms with Crippen molar-refractivity contribution in [3.63, 3.8) is 0 Å². The molecular weight excluding hydrogens is 316 g/mol. The Hall–Kier alpha value is -2.28. The molecule has 0 saturated heterocycles. The first-order chi connectivity index (χ1) is 11.0. The van der Waals surface area contributed by atoms with Gasteiger partial charge in [0.2, 0.25) is 0 Å². The lowest BCUT2D eigenvalue weighted by Gasteiger charge is -2.07. The molecule has 2 N–H and O–H groups in total. The van der Waals surface area contributed by atoms with E-state index in [4.69, 9.17) is 9.84 Å². The summed E-state index contributed by atoms with van der Waals surface area (Å²) in [4.78, 5) is 29.4. The van der Waals surface area contributed by atoms with Crippen LogP contribution in [0.1, 0.15) is 28.0 Å². The number of carbonyl (C=O) groups is 1. The van der Waals surface area contributed by atoms with Gasteiger partial charge in [-0.15, -0.1) is 0 Å². The van der Waals surface area contributed by atoms with Gasteiger partial charge in [-0.1, -0.05) is 11.8 Å². The zero-order chi connectivity index (χ0) is 16.8. The summed E-state index contributed by atoms with van der Waals surface area (Å²) < 4.78 is 5.55. The third-order valence-corrected chi connectivity index (χ3v) is 4.23. The normalized spacial score (nSPS) is 10.5. The molecule has 0 spiro atoms. The highest BCUT2D eigenvalue weighted by molar-refractivity contribution is 7.99. The van der Waals surface area contributed by atoms with E-state index in [1.54, 1.807) is 19.1 Å². The molecule has 0 saturated carbocycles. The highest BCUT2D eigenvalue weighted by Gasteiger charge is 2.05. The summed E-state index contributed by atoms with van der Waals surface area (Å²) in [6.45, 7) is 4.08. The standard InChI is InChI=1S/C16H18N2O4S/c1-10-11(2)17-16(18-14(10)19)23-9-3-8-22-13-6-4-12(5-7-13)15(20)21/h4-7H,3,8-9H2,1-2H3,(H,20,21)(H,17,18,19). The fourth-order valence-corrected chi connectivity index (χ4v) is 2.62. The Balaban J connectivity index is 1.75. The van der Waals surface area contributed by atoms with Crippen LogP contribution in [0.15, 0.2) is 34.2 Å². The van der Waals surface area contributed by atoms with Gasteiger partial charge in [-0.05, 0) is 44.5 Å². The zero-order valence-electron chi connectivity index (χ0n) is 13.0. The van der Waals surface area contributed by atoms with Crippen molar-refractivity contribution in [1.29, 1.82) is 0 Å². The number of carboxylic acid groups (broad SMARTS) is 1. The number of carboxylic acids is 1. The number of rotatable bonds is 7. The van der Waals surface area contributed by atoms with Crippen LogP contribution in [0.4, 0.5) is 0 Å². The second-order valence-electron chi connectivity index (χ2n) is 4.96. The SMILES string of the molecule is Cc1nc(SCCCOc2ccc(C(=O)O)cc2)[nH]c(=O)c1C. The van der Waals surface area contributed by atoms with E-state index in [-0.39, 0.29) is 11.1 Å². The molecule has 7 heteroatoms. The summed E-state index contributed by atoms with van der Waals surface area (Å²) in [5, 5.41) is 9.43. The van der Waals surface area contributed by atoms with Crippen LogP contribution in [-0.4, -0.2) is 33.4 Å². The number of aryl methyl sites for hydroxylation is 1. The quantitative estimate of drug-likeness (QED) is 0.459. The smallest absolute Gasteiger partial charge is 0.335 e. The van der Waals surface area contributed by atoms with E-state index in [1.807, 2.05) is 6.92 Å². The number of nitrogens with zero attached hydrogens (tertiary/aromatic N) is 1. The molecule has 122 valence electrons. The second-order valence-corrected chi connectivity index (χ2v) is 6.05.